The van der Waals surface area contributed by atoms with Crippen molar-refractivity contribution in [2.45, 2.75) is 201 Å². The predicted octanol–water partition coefficient (Wildman–Crippen LogP) is 29.2. The summed E-state index contributed by atoms with van der Waals surface area (Å²) < 4.78 is 15.5. The first-order valence-corrected chi connectivity index (χ1v) is 38.9. The molecule has 12 aromatic carbocycles. The lowest BCUT2D eigenvalue weighted by Gasteiger charge is -2.36. The van der Waals surface area contributed by atoms with Crippen molar-refractivity contribution >= 4 is 78.0 Å². The quantitative estimate of drug-likeness (QED) is 0.122. The number of para-hydroxylation sites is 2. The normalized spacial score (nSPS) is 14.6. The van der Waals surface area contributed by atoms with E-state index in [2.05, 4.69) is 410 Å². The second-order valence-electron chi connectivity index (χ2n) is 37.9. The molecule has 107 heavy (non-hydrogen) atoms. The standard InChI is InChI=1S/C103H108N2O2/c1-96(2,3)68-34-30-65(31-35-68)84(66-32-36-69(37-33-66)97(4,5)6)62-67-63-85-93(95-90(67)82-26-22-24-28-88(82)107-95)92-86(64-87(94-91(92)83-27-23-25-29-89(83)106-94)105(80-56-46-73(47-57-80)101(16,17)18)81-58-48-74(49-59-81)102(19,20)21)103(85,75-40-38-70(39-41-75)98(7,8)9)76-50-60-79(61-51-76)104(77-52-42-71(43-53-77)99(10,11)12)78-54-44-72(45-55-78)100(13,14)15/h22-61,63-64,84H,62H2,1-21H3. The van der Waals surface area contributed by atoms with Crippen molar-refractivity contribution in [3.63, 3.8) is 0 Å². The number of nitrogens with zero attached hydrogens (tertiary/aromatic N) is 2. The number of rotatable bonds is 12. The lowest BCUT2D eigenvalue weighted by Crippen LogP contribution is -2.29. The van der Waals surface area contributed by atoms with Crippen molar-refractivity contribution in [3.05, 3.63) is 333 Å². The van der Waals surface area contributed by atoms with Gasteiger partial charge in [-0.15, -0.1) is 0 Å². The highest BCUT2D eigenvalue weighted by Gasteiger charge is 2.51. The van der Waals surface area contributed by atoms with Crippen LogP contribution in [-0.2, 0) is 49.7 Å². The van der Waals surface area contributed by atoms with E-state index in [9.17, 15) is 0 Å². The predicted molar refractivity (Wildman–Crippen MR) is 457 cm³/mol. The number of hydrogen-bond donors (Lipinski definition) is 0. The Morgan fingerprint density at radius 1 is 0.290 bits per heavy atom. The summed E-state index contributed by atoms with van der Waals surface area (Å²) in [5, 5.41) is 4.33. The zero-order valence-corrected chi connectivity index (χ0v) is 67.2. The lowest BCUT2D eigenvalue weighted by molar-refractivity contribution is 0.588. The van der Waals surface area contributed by atoms with Gasteiger partial charge in [0.1, 0.15) is 16.7 Å². The van der Waals surface area contributed by atoms with Gasteiger partial charge < -0.3 is 18.6 Å². The van der Waals surface area contributed by atoms with Gasteiger partial charge in [-0.25, -0.2) is 0 Å². The molecule has 14 aromatic rings. The summed E-state index contributed by atoms with van der Waals surface area (Å²) in [4.78, 5) is 4.91. The average Bonchev–Trinajstić information content (AvgIpc) is 1.50. The SMILES string of the molecule is CC(C)(C)c1ccc(C(Cc2cc3c(c4oc5ccccc5c24)-c2c(cc(N(c4ccc(C(C)(C)C)cc4)c4ccc(C(C)(C)C)cc4)c4oc5ccccc5c24)C3(c2ccc(N(c3ccc(C(C)(C)C)cc3)c3ccc(C(C)(C)C)cc3)cc2)c2ccc(C(C)(C)C)cc2)c2ccc(C(C)(C)C)cc2)cc1. The molecule has 1 atom stereocenters. The Morgan fingerprint density at radius 3 is 0.944 bits per heavy atom. The van der Waals surface area contributed by atoms with E-state index in [1.54, 1.807) is 0 Å². The molecule has 0 spiro atoms. The summed E-state index contributed by atoms with van der Waals surface area (Å²) in [7, 11) is 0. The van der Waals surface area contributed by atoms with E-state index in [-0.39, 0.29) is 43.8 Å². The number of anilines is 6. The van der Waals surface area contributed by atoms with E-state index in [4.69, 9.17) is 8.83 Å². The van der Waals surface area contributed by atoms with Crippen molar-refractivity contribution in [3.8, 4) is 11.1 Å². The van der Waals surface area contributed by atoms with Crippen LogP contribution in [-0.4, -0.2) is 0 Å². The summed E-state index contributed by atoms with van der Waals surface area (Å²) in [5.74, 6) is -0.0311. The number of benzene rings is 12. The minimum absolute atomic E-state index is 0.0179. The molecule has 0 radical (unpaired) electrons. The zero-order valence-electron chi connectivity index (χ0n) is 67.2. The number of fused-ring (bicyclic) bond motifs is 11. The monoisotopic (exact) mass is 1400 g/mol. The molecule has 1 aliphatic carbocycles. The van der Waals surface area contributed by atoms with Crippen LogP contribution in [0.15, 0.2) is 264 Å². The molecular formula is C103H108N2O2. The fourth-order valence-corrected chi connectivity index (χ4v) is 16.7. The summed E-state index contributed by atoms with van der Waals surface area (Å²) in [6.45, 7) is 48.4. The number of furan rings is 2. The van der Waals surface area contributed by atoms with Gasteiger partial charge in [0.2, 0.25) is 0 Å². The Morgan fingerprint density at radius 2 is 0.579 bits per heavy atom. The van der Waals surface area contributed by atoms with Gasteiger partial charge in [0.15, 0.2) is 5.58 Å². The first-order chi connectivity index (χ1) is 50.5. The summed E-state index contributed by atoms with van der Waals surface area (Å²) in [5.41, 5.74) is 27.9. The van der Waals surface area contributed by atoms with Gasteiger partial charge >= 0.3 is 0 Å². The van der Waals surface area contributed by atoms with Gasteiger partial charge in [0, 0.05) is 67.0 Å². The van der Waals surface area contributed by atoms with Crippen LogP contribution in [0.3, 0.4) is 0 Å². The molecule has 2 aromatic heterocycles. The highest BCUT2D eigenvalue weighted by atomic mass is 16.3. The molecule has 542 valence electrons. The highest BCUT2D eigenvalue weighted by Crippen LogP contribution is 2.64. The third kappa shape index (κ3) is 13.1. The van der Waals surface area contributed by atoms with Crippen LogP contribution < -0.4 is 9.80 Å². The van der Waals surface area contributed by atoms with E-state index in [0.717, 1.165) is 106 Å². The minimum Gasteiger partial charge on any atom is -0.455 e. The van der Waals surface area contributed by atoms with Crippen LogP contribution in [0.4, 0.5) is 34.1 Å². The van der Waals surface area contributed by atoms with Crippen LogP contribution in [0.1, 0.15) is 229 Å². The van der Waals surface area contributed by atoms with Gasteiger partial charge in [-0.3, -0.25) is 0 Å². The molecule has 0 N–H and O–H groups in total. The molecule has 1 aliphatic rings. The van der Waals surface area contributed by atoms with Crippen LogP contribution in [0.2, 0.25) is 0 Å². The van der Waals surface area contributed by atoms with Crippen LogP contribution >= 0.6 is 0 Å². The van der Waals surface area contributed by atoms with E-state index >= 15 is 0 Å². The molecule has 2 heterocycles. The van der Waals surface area contributed by atoms with Crippen LogP contribution in [0.25, 0.3) is 55.0 Å². The smallest absolute Gasteiger partial charge is 0.160 e. The van der Waals surface area contributed by atoms with Gasteiger partial charge in [-0.2, -0.15) is 0 Å². The maximum absolute atomic E-state index is 7.81. The first kappa shape index (κ1) is 72.4. The van der Waals surface area contributed by atoms with Gasteiger partial charge in [0.25, 0.3) is 0 Å². The van der Waals surface area contributed by atoms with E-state index < -0.39 is 5.41 Å². The molecular weight excluding hydrogens is 1300 g/mol. The van der Waals surface area contributed by atoms with Crippen LogP contribution in [0, 0.1) is 0 Å². The fourth-order valence-electron chi connectivity index (χ4n) is 16.7. The summed E-state index contributed by atoms with van der Waals surface area (Å²) in [6, 6.07) is 98.2. The zero-order chi connectivity index (χ0) is 75.9. The third-order valence-corrected chi connectivity index (χ3v) is 23.1. The van der Waals surface area contributed by atoms with E-state index in [1.807, 2.05) is 0 Å². The molecule has 0 saturated carbocycles. The van der Waals surface area contributed by atoms with Crippen molar-refractivity contribution in [1.29, 1.82) is 0 Å². The molecule has 1 unspecified atom stereocenters. The topological polar surface area (TPSA) is 32.8 Å². The molecule has 0 aliphatic heterocycles. The molecule has 0 saturated heterocycles. The second-order valence-corrected chi connectivity index (χ2v) is 37.9. The Hall–Kier alpha value is -10.2. The van der Waals surface area contributed by atoms with Crippen molar-refractivity contribution in [2.24, 2.45) is 0 Å². The summed E-state index contributed by atoms with van der Waals surface area (Å²) >= 11 is 0. The van der Waals surface area contributed by atoms with Crippen molar-refractivity contribution in [1.82, 2.24) is 0 Å². The molecule has 0 bridgehead atoms. The Bertz CT molecular complexity index is 5450. The maximum Gasteiger partial charge on any atom is 0.160 e. The average molecular weight is 1410 g/mol. The second kappa shape index (κ2) is 26.1. The number of hydrogen-bond acceptors (Lipinski definition) is 4. The molecule has 4 heteroatoms. The van der Waals surface area contributed by atoms with E-state index in [1.165, 1.54) is 61.2 Å². The summed E-state index contributed by atoms with van der Waals surface area (Å²) in [6.07, 6.45) is 0.695. The van der Waals surface area contributed by atoms with Crippen molar-refractivity contribution < 1.29 is 8.83 Å². The molecule has 0 fully saturated rings. The lowest BCUT2D eigenvalue weighted by atomic mass is 9.66. The third-order valence-electron chi connectivity index (χ3n) is 23.1. The Kier molecular flexibility index (Phi) is 17.6. The molecule has 15 rings (SSSR count). The largest absolute Gasteiger partial charge is 0.455 e. The molecule has 4 nitrogen and oxygen atoms in total. The maximum atomic E-state index is 7.81. The van der Waals surface area contributed by atoms with Gasteiger partial charge in [0.05, 0.1) is 11.1 Å². The highest BCUT2D eigenvalue weighted by molar-refractivity contribution is 6.24. The van der Waals surface area contributed by atoms with Crippen molar-refractivity contribution in [2.75, 3.05) is 9.80 Å². The minimum atomic E-state index is -1.01. The Balaban J connectivity index is 1.10. The van der Waals surface area contributed by atoms with Gasteiger partial charge in [-0.1, -0.05) is 321 Å². The van der Waals surface area contributed by atoms with E-state index in [0.29, 0.717) is 6.42 Å². The molecule has 0 amide bonds. The fraction of sp³-hybridized carbons (Fsp3) is 0.301. The Labute approximate surface area is 637 Å². The first-order valence-electron chi connectivity index (χ1n) is 38.9. The van der Waals surface area contributed by atoms with Crippen LogP contribution in [0.5, 0.6) is 0 Å². The van der Waals surface area contributed by atoms with Gasteiger partial charge in [-0.05, 0) is 201 Å².